The van der Waals surface area contributed by atoms with Crippen molar-refractivity contribution in [3.05, 3.63) is 58.1 Å². The van der Waals surface area contributed by atoms with E-state index in [-0.39, 0.29) is 17.3 Å². The lowest BCUT2D eigenvalue weighted by Gasteiger charge is -2.45. The zero-order chi connectivity index (χ0) is 22.0. The normalized spacial score (nSPS) is 29.4. The molecule has 31 heavy (non-hydrogen) atoms. The monoisotopic (exact) mass is 432 g/mol. The summed E-state index contributed by atoms with van der Waals surface area (Å²) in [5, 5.41) is 9.86. The molecule has 1 fully saturated rings. The number of nitrogens with zero attached hydrogens (tertiary/aromatic N) is 3. The summed E-state index contributed by atoms with van der Waals surface area (Å²) in [6, 6.07) is 13.7. The Bertz CT molecular complexity index is 1170. The molecule has 1 saturated carbocycles. The van der Waals surface area contributed by atoms with Gasteiger partial charge in [0.25, 0.3) is 5.91 Å². The number of rotatable bonds is 1. The smallest absolute Gasteiger partial charge is 0.262 e. The maximum atomic E-state index is 13.7. The van der Waals surface area contributed by atoms with Crippen LogP contribution >= 0.6 is 11.6 Å². The molecule has 2 aromatic rings. The highest BCUT2D eigenvalue weighted by Crippen LogP contribution is 2.62. The molecule has 5 rings (SSSR count). The van der Waals surface area contributed by atoms with Crippen LogP contribution in [0.3, 0.4) is 0 Å². The SMILES string of the molecule is CC1CCC2(CC1)Cc1ccc(-c3cc(Cl)cc(C#N)c3)cc1C21N=C(N)N(C)C1=O. The lowest BCUT2D eigenvalue weighted by molar-refractivity contribution is -0.136. The van der Waals surface area contributed by atoms with Crippen LogP contribution < -0.4 is 5.73 Å². The van der Waals surface area contributed by atoms with Crippen molar-refractivity contribution in [2.45, 2.75) is 44.6 Å². The van der Waals surface area contributed by atoms with Crippen molar-refractivity contribution in [3.8, 4) is 17.2 Å². The van der Waals surface area contributed by atoms with E-state index in [0.717, 1.165) is 48.8 Å². The van der Waals surface area contributed by atoms with Crippen LogP contribution in [0, 0.1) is 22.7 Å². The molecular weight excluding hydrogens is 408 g/mol. The average molecular weight is 433 g/mol. The van der Waals surface area contributed by atoms with Crippen LogP contribution in [0.4, 0.5) is 0 Å². The van der Waals surface area contributed by atoms with E-state index in [0.29, 0.717) is 16.5 Å². The van der Waals surface area contributed by atoms with E-state index in [1.54, 1.807) is 13.1 Å². The van der Waals surface area contributed by atoms with E-state index in [2.05, 4.69) is 31.2 Å². The molecule has 5 nitrogen and oxygen atoms in total. The fraction of sp³-hybridized carbons (Fsp3) is 0.400. The Morgan fingerprint density at radius 1 is 1.19 bits per heavy atom. The Morgan fingerprint density at radius 2 is 1.94 bits per heavy atom. The zero-order valence-electron chi connectivity index (χ0n) is 17.8. The minimum atomic E-state index is -0.964. The van der Waals surface area contributed by atoms with Gasteiger partial charge in [0.1, 0.15) is 0 Å². The van der Waals surface area contributed by atoms with Gasteiger partial charge < -0.3 is 5.73 Å². The molecule has 0 bridgehead atoms. The van der Waals surface area contributed by atoms with Crippen molar-refractivity contribution in [1.29, 1.82) is 5.26 Å². The number of hydrogen-bond donors (Lipinski definition) is 1. The first-order valence-electron chi connectivity index (χ1n) is 10.8. The molecule has 2 N–H and O–H groups in total. The highest BCUT2D eigenvalue weighted by molar-refractivity contribution is 6.31. The zero-order valence-corrected chi connectivity index (χ0v) is 18.5. The first-order valence-corrected chi connectivity index (χ1v) is 11.2. The number of hydrogen-bond acceptors (Lipinski definition) is 4. The standard InChI is InChI=1S/C25H25ClN4O/c1-15-5-7-24(8-6-15)13-18-4-3-17(19-9-16(14-27)10-20(26)11-19)12-21(18)25(24)22(31)30(2)23(28)29-25/h3-4,9-12,15H,5-8,13H2,1-2H3,(H2,28,29). The molecule has 2 spiro atoms. The first-order chi connectivity index (χ1) is 14.8. The number of benzene rings is 2. The van der Waals surface area contributed by atoms with Gasteiger partial charge in [0.2, 0.25) is 0 Å². The summed E-state index contributed by atoms with van der Waals surface area (Å²) < 4.78 is 0. The van der Waals surface area contributed by atoms with Gasteiger partial charge in [-0.2, -0.15) is 5.26 Å². The second-order valence-corrected chi connectivity index (χ2v) is 9.83. The lowest BCUT2D eigenvalue weighted by atomic mass is 9.60. The third-order valence-electron chi connectivity index (χ3n) is 7.63. The number of carbonyl (C=O) groups excluding carboxylic acids is 1. The molecule has 0 saturated heterocycles. The predicted octanol–water partition coefficient (Wildman–Crippen LogP) is 4.61. The van der Waals surface area contributed by atoms with Crippen molar-refractivity contribution in [2.24, 2.45) is 22.1 Å². The lowest BCUT2D eigenvalue weighted by Crippen LogP contribution is -2.50. The van der Waals surface area contributed by atoms with Crippen LogP contribution in [0.2, 0.25) is 5.02 Å². The third kappa shape index (κ3) is 2.74. The number of amides is 1. The van der Waals surface area contributed by atoms with E-state index in [1.807, 2.05) is 12.1 Å². The second-order valence-electron chi connectivity index (χ2n) is 9.40. The van der Waals surface area contributed by atoms with Gasteiger partial charge in [0, 0.05) is 17.5 Å². The number of nitrogens with two attached hydrogens (primary N) is 1. The number of nitriles is 1. The van der Waals surface area contributed by atoms with Gasteiger partial charge >= 0.3 is 0 Å². The summed E-state index contributed by atoms with van der Waals surface area (Å²) in [5.41, 5.74) is 9.42. The van der Waals surface area contributed by atoms with Crippen molar-refractivity contribution < 1.29 is 4.79 Å². The third-order valence-corrected chi connectivity index (χ3v) is 7.85. The molecule has 2 aromatic carbocycles. The molecular formula is C25H25ClN4O. The van der Waals surface area contributed by atoms with Crippen molar-refractivity contribution in [1.82, 2.24) is 4.90 Å². The molecule has 1 amide bonds. The number of fused-ring (bicyclic) bond motifs is 3. The van der Waals surface area contributed by atoms with Crippen LogP contribution in [-0.4, -0.2) is 23.8 Å². The number of halogens is 1. The molecule has 6 heteroatoms. The molecule has 1 heterocycles. The number of guanidine groups is 1. The van der Waals surface area contributed by atoms with Gasteiger partial charge in [-0.3, -0.25) is 9.69 Å². The van der Waals surface area contributed by atoms with Gasteiger partial charge in [-0.15, -0.1) is 0 Å². The summed E-state index contributed by atoms with van der Waals surface area (Å²) in [6.07, 6.45) is 4.95. The molecule has 0 aromatic heterocycles. The predicted molar refractivity (Wildman–Crippen MR) is 121 cm³/mol. The molecule has 1 unspecified atom stereocenters. The molecule has 2 aliphatic carbocycles. The van der Waals surface area contributed by atoms with E-state index in [4.69, 9.17) is 22.3 Å². The van der Waals surface area contributed by atoms with Crippen molar-refractivity contribution >= 4 is 23.5 Å². The Morgan fingerprint density at radius 3 is 2.58 bits per heavy atom. The van der Waals surface area contributed by atoms with Crippen LogP contribution in [0.15, 0.2) is 41.4 Å². The van der Waals surface area contributed by atoms with Gasteiger partial charge in [0.15, 0.2) is 11.5 Å². The Hall–Kier alpha value is -2.84. The quantitative estimate of drug-likeness (QED) is 0.714. The van der Waals surface area contributed by atoms with Crippen LogP contribution in [-0.2, 0) is 16.8 Å². The van der Waals surface area contributed by atoms with Crippen LogP contribution in [0.1, 0.15) is 49.3 Å². The molecule has 1 aliphatic heterocycles. The highest BCUT2D eigenvalue weighted by atomic mass is 35.5. The van der Waals surface area contributed by atoms with Gasteiger partial charge in [-0.25, -0.2) is 4.99 Å². The summed E-state index contributed by atoms with van der Waals surface area (Å²) in [5.74, 6) is 0.920. The maximum absolute atomic E-state index is 13.7. The van der Waals surface area contributed by atoms with E-state index in [1.165, 1.54) is 10.5 Å². The summed E-state index contributed by atoms with van der Waals surface area (Å²) in [6.45, 7) is 2.28. The van der Waals surface area contributed by atoms with Crippen molar-refractivity contribution in [3.63, 3.8) is 0 Å². The fourth-order valence-electron chi connectivity index (χ4n) is 5.86. The summed E-state index contributed by atoms with van der Waals surface area (Å²) >= 11 is 6.26. The van der Waals surface area contributed by atoms with E-state index >= 15 is 0 Å². The summed E-state index contributed by atoms with van der Waals surface area (Å²) in [7, 11) is 1.72. The van der Waals surface area contributed by atoms with E-state index < -0.39 is 5.54 Å². The maximum Gasteiger partial charge on any atom is 0.262 e. The molecule has 0 radical (unpaired) electrons. The summed E-state index contributed by atoms with van der Waals surface area (Å²) in [4.78, 5) is 20.1. The molecule has 3 aliphatic rings. The van der Waals surface area contributed by atoms with Crippen LogP contribution in [0.5, 0.6) is 0 Å². The fourth-order valence-corrected chi connectivity index (χ4v) is 6.10. The number of likely N-dealkylation sites (N-methyl/N-ethyl adjacent to an activating group) is 1. The Kier molecular flexibility index (Phi) is 4.43. The van der Waals surface area contributed by atoms with E-state index in [9.17, 15) is 10.1 Å². The number of carbonyl (C=O) groups is 1. The Labute approximate surface area is 187 Å². The van der Waals surface area contributed by atoms with Crippen molar-refractivity contribution in [2.75, 3.05) is 7.05 Å². The van der Waals surface area contributed by atoms with Gasteiger partial charge in [-0.05, 0) is 71.7 Å². The van der Waals surface area contributed by atoms with Gasteiger partial charge in [-0.1, -0.05) is 43.5 Å². The van der Waals surface area contributed by atoms with Crippen LogP contribution in [0.25, 0.3) is 11.1 Å². The minimum Gasteiger partial charge on any atom is -0.369 e. The highest BCUT2D eigenvalue weighted by Gasteiger charge is 2.66. The first kappa shape index (κ1) is 20.1. The number of aliphatic imine (C=N–C) groups is 1. The molecule has 1 atom stereocenters. The largest absolute Gasteiger partial charge is 0.369 e. The topological polar surface area (TPSA) is 82.5 Å². The Balaban J connectivity index is 1.70. The second kappa shape index (κ2) is 6.83. The average Bonchev–Trinajstić information content (AvgIpc) is 3.16. The molecule has 158 valence electrons. The van der Waals surface area contributed by atoms with Gasteiger partial charge in [0.05, 0.1) is 11.6 Å². The minimum absolute atomic E-state index is 0.0285.